The van der Waals surface area contributed by atoms with Crippen molar-refractivity contribution in [2.24, 2.45) is 5.10 Å². The highest BCUT2D eigenvalue weighted by molar-refractivity contribution is 6.33. The molecule has 0 atom stereocenters. The molecule has 0 aliphatic rings. The number of para-hydroxylation sites is 1. The number of nitrogen functional groups attached to an aromatic ring is 1. The molecule has 0 heterocycles. The SMILES string of the molecule is C/C(=N\NC(=O)CCC(=O)Nc1ccccc1Cl)c1ccc(N)cc1. The molecule has 0 bridgehead atoms. The Morgan fingerprint density at radius 3 is 2.36 bits per heavy atom. The second-order valence-electron chi connectivity index (χ2n) is 5.38. The van der Waals surface area contributed by atoms with Crippen molar-refractivity contribution in [3.8, 4) is 0 Å². The molecule has 0 saturated carbocycles. The molecule has 0 aliphatic carbocycles. The minimum atomic E-state index is -0.343. The zero-order valence-electron chi connectivity index (χ0n) is 13.8. The number of carbonyl (C=O) groups is 2. The smallest absolute Gasteiger partial charge is 0.240 e. The maximum absolute atomic E-state index is 11.9. The van der Waals surface area contributed by atoms with Gasteiger partial charge in [0.1, 0.15) is 0 Å². The van der Waals surface area contributed by atoms with Crippen LogP contribution in [0.25, 0.3) is 0 Å². The average molecular weight is 359 g/mol. The summed E-state index contributed by atoms with van der Waals surface area (Å²) in [6.07, 6.45) is 0.0578. The van der Waals surface area contributed by atoms with E-state index < -0.39 is 0 Å². The van der Waals surface area contributed by atoms with Crippen LogP contribution < -0.4 is 16.5 Å². The first kappa shape index (κ1) is 18.5. The van der Waals surface area contributed by atoms with Crippen molar-refractivity contribution in [1.82, 2.24) is 5.43 Å². The second-order valence-corrected chi connectivity index (χ2v) is 5.79. The van der Waals surface area contributed by atoms with Gasteiger partial charge in [0.15, 0.2) is 0 Å². The topological polar surface area (TPSA) is 96.6 Å². The normalized spacial score (nSPS) is 11.0. The number of anilines is 2. The number of amides is 2. The zero-order chi connectivity index (χ0) is 18.2. The van der Waals surface area contributed by atoms with E-state index in [-0.39, 0.29) is 24.7 Å². The molecule has 130 valence electrons. The molecule has 0 saturated heterocycles. The second kappa shape index (κ2) is 8.84. The highest BCUT2D eigenvalue weighted by Gasteiger charge is 2.08. The van der Waals surface area contributed by atoms with Gasteiger partial charge in [-0.25, -0.2) is 5.43 Å². The Morgan fingerprint density at radius 2 is 1.68 bits per heavy atom. The maximum atomic E-state index is 11.9. The lowest BCUT2D eigenvalue weighted by Gasteiger charge is -2.07. The highest BCUT2D eigenvalue weighted by Crippen LogP contribution is 2.20. The van der Waals surface area contributed by atoms with Gasteiger partial charge in [-0.15, -0.1) is 0 Å². The van der Waals surface area contributed by atoms with Crippen molar-refractivity contribution >= 4 is 40.5 Å². The van der Waals surface area contributed by atoms with Gasteiger partial charge in [-0.05, 0) is 36.8 Å². The van der Waals surface area contributed by atoms with Crippen LogP contribution in [0.1, 0.15) is 25.3 Å². The molecule has 0 aromatic heterocycles. The number of carbonyl (C=O) groups excluding carboxylic acids is 2. The summed E-state index contributed by atoms with van der Waals surface area (Å²) in [5.74, 6) is -0.633. The summed E-state index contributed by atoms with van der Waals surface area (Å²) >= 11 is 5.96. The van der Waals surface area contributed by atoms with Gasteiger partial charge in [-0.1, -0.05) is 35.9 Å². The van der Waals surface area contributed by atoms with Gasteiger partial charge in [0.2, 0.25) is 11.8 Å². The van der Waals surface area contributed by atoms with Gasteiger partial charge >= 0.3 is 0 Å². The molecule has 7 heteroatoms. The van der Waals surface area contributed by atoms with Crippen molar-refractivity contribution in [2.75, 3.05) is 11.1 Å². The van der Waals surface area contributed by atoms with Gasteiger partial charge in [0, 0.05) is 18.5 Å². The molecule has 0 spiro atoms. The Morgan fingerprint density at radius 1 is 1.04 bits per heavy atom. The summed E-state index contributed by atoms with van der Waals surface area (Å²) in [6.45, 7) is 1.77. The highest BCUT2D eigenvalue weighted by atomic mass is 35.5. The molecular weight excluding hydrogens is 340 g/mol. The van der Waals surface area contributed by atoms with Crippen LogP contribution in [0.2, 0.25) is 5.02 Å². The molecule has 2 rings (SSSR count). The van der Waals surface area contributed by atoms with E-state index in [1.54, 1.807) is 43.3 Å². The number of hydrazone groups is 1. The lowest BCUT2D eigenvalue weighted by Crippen LogP contribution is -2.21. The molecule has 2 aromatic carbocycles. The summed E-state index contributed by atoms with van der Waals surface area (Å²) in [7, 11) is 0. The van der Waals surface area contributed by atoms with Crippen LogP contribution in [0.3, 0.4) is 0 Å². The standard InChI is InChI=1S/C18H19ClN4O2/c1-12(13-6-8-14(20)9-7-13)22-23-18(25)11-10-17(24)21-16-5-3-2-4-15(16)19/h2-9H,10-11,20H2,1H3,(H,21,24)(H,23,25)/b22-12+. The Labute approximate surface area is 151 Å². The Bertz CT molecular complexity index is 788. The third-order valence-corrected chi connectivity index (χ3v) is 3.73. The van der Waals surface area contributed by atoms with E-state index >= 15 is 0 Å². The fraction of sp³-hybridized carbons (Fsp3) is 0.167. The molecule has 0 aliphatic heterocycles. The summed E-state index contributed by atoms with van der Waals surface area (Å²) in [5.41, 5.74) is 10.7. The number of nitrogens with two attached hydrogens (primary N) is 1. The van der Waals surface area contributed by atoms with Gasteiger partial charge < -0.3 is 11.1 Å². The summed E-state index contributed by atoms with van der Waals surface area (Å²) in [5, 5.41) is 7.13. The Kier molecular flexibility index (Phi) is 6.54. The van der Waals surface area contributed by atoms with Crippen LogP contribution in [0.15, 0.2) is 53.6 Å². The predicted molar refractivity (Wildman–Crippen MR) is 101 cm³/mol. The lowest BCUT2D eigenvalue weighted by atomic mass is 10.1. The number of hydrogen-bond acceptors (Lipinski definition) is 4. The summed E-state index contributed by atoms with van der Waals surface area (Å²) in [6, 6.07) is 14.1. The van der Waals surface area contributed by atoms with E-state index in [9.17, 15) is 9.59 Å². The van der Waals surface area contributed by atoms with Gasteiger partial charge in [0.25, 0.3) is 0 Å². The number of halogens is 1. The Balaban J connectivity index is 1.80. The minimum absolute atomic E-state index is 0.0226. The molecule has 25 heavy (non-hydrogen) atoms. The Hall–Kier alpha value is -2.86. The van der Waals surface area contributed by atoms with Crippen molar-refractivity contribution in [2.45, 2.75) is 19.8 Å². The number of nitrogens with zero attached hydrogens (tertiary/aromatic N) is 1. The van der Waals surface area contributed by atoms with Gasteiger partial charge in [0.05, 0.1) is 16.4 Å². The predicted octanol–water partition coefficient (Wildman–Crippen LogP) is 3.18. The number of nitrogens with one attached hydrogen (secondary N) is 2. The van der Waals surface area contributed by atoms with E-state index in [0.29, 0.717) is 22.1 Å². The van der Waals surface area contributed by atoms with Crippen LogP contribution >= 0.6 is 11.6 Å². The number of benzene rings is 2. The quantitative estimate of drug-likeness (QED) is 0.420. The fourth-order valence-electron chi connectivity index (χ4n) is 1.99. The molecular formula is C18H19ClN4O2. The van der Waals surface area contributed by atoms with Gasteiger partial charge in [-0.2, -0.15) is 5.10 Å². The van der Waals surface area contributed by atoms with Crippen LogP contribution in [0.4, 0.5) is 11.4 Å². The molecule has 0 radical (unpaired) electrons. The van der Waals surface area contributed by atoms with E-state index in [1.807, 2.05) is 12.1 Å². The third kappa shape index (κ3) is 5.93. The van der Waals surface area contributed by atoms with Crippen molar-refractivity contribution in [1.29, 1.82) is 0 Å². The van der Waals surface area contributed by atoms with Crippen LogP contribution in [0.5, 0.6) is 0 Å². The molecule has 2 amide bonds. The van der Waals surface area contributed by atoms with Crippen LogP contribution in [0, 0.1) is 0 Å². The average Bonchev–Trinajstić information content (AvgIpc) is 2.60. The van der Waals surface area contributed by atoms with E-state index in [4.69, 9.17) is 17.3 Å². The van der Waals surface area contributed by atoms with Gasteiger partial charge in [-0.3, -0.25) is 9.59 Å². The number of rotatable bonds is 6. The first-order chi connectivity index (χ1) is 12.0. The van der Waals surface area contributed by atoms with E-state index in [0.717, 1.165) is 5.56 Å². The number of hydrogen-bond donors (Lipinski definition) is 3. The monoisotopic (exact) mass is 358 g/mol. The first-order valence-electron chi connectivity index (χ1n) is 7.69. The summed E-state index contributed by atoms with van der Waals surface area (Å²) in [4.78, 5) is 23.7. The maximum Gasteiger partial charge on any atom is 0.240 e. The molecule has 0 fully saturated rings. The molecule has 2 aromatic rings. The van der Waals surface area contributed by atoms with Crippen molar-refractivity contribution in [3.05, 3.63) is 59.1 Å². The summed E-state index contributed by atoms with van der Waals surface area (Å²) < 4.78 is 0. The zero-order valence-corrected chi connectivity index (χ0v) is 14.5. The fourth-order valence-corrected chi connectivity index (χ4v) is 2.18. The first-order valence-corrected chi connectivity index (χ1v) is 8.07. The lowest BCUT2D eigenvalue weighted by molar-refractivity contribution is -0.124. The van der Waals surface area contributed by atoms with Crippen molar-refractivity contribution < 1.29 is 9.59 Å². The van der Waals surface area contributed by atoms with Crippen LogP contribution in [-0.4, -0.2) is 17.5 Å². The van der Waals surface area contributed by atoms with E-state index in [2.05, 4.69) is 15.8 Å². The third-order valence-electron chi connectivity index (χ3n) is 3.40. The largest absolute Gasteiger partial charge is 0.399 e. The van der Waals surface area contributed by atoms with Crippen molar-refractivity contribution in [3.63, 3.8) is 0 Å². The molecule has 0 unspecified atom stereocenters. The van der Waals surface area contributed by atoms with E-state index in [1.165, 1.54) is 0 Å². The minimum Gasteiger partial charge on any atom is -0.399 e. The molecule has 4 N–H and O–H groups in total. The molecule has 6 nitrogen and oxygen atoms in total. The van der Waals surface area contributed by atoms with Crippen LogP contribution in [-0.2, 0) is 9.59 Å².